The van der Waals surface area contributed by atoms with Crippen LogP contribution in [0.1, 0.15) is 0 Å². The molecule has 0 fully saturated rings. The smallest absolute Gasteiger partial charge is 0.227 e. The normalized spacial score (nSPS) is 10.1. The summed E-state index contributed by atoms with van der Waals surface area (Å²) in [5.74, 6) is 0.709. The van der Waals surface area contributed by atoms with Crippen molar-refractivity contribution in [2.45, 2.75) is 0 Å². The zero-order valence-electron chi connectivity index (χ0n) is 7.69. The summed E-state index contributed by atoms with van der Waals surface area (Å²) in [6, 6.07) is 9.84. The van der Waals surface area contributed by atoms with Gasteiger partial charge in [-0.3, -0.25) is 4.57 Å². The van der Waals surface area contributed by atoms with E-state index < -0.39 is 0 Å². The van der Waals surface area contributed by atoms with Gasteiger partial charge in [0.2, 0.25) is 10.7 Å². The fourth-order valence-corrected chi connectivity index (χ4v) is 1.52. The number of rotatable bonds is 2. The minimum absolute atomic E-state index is 0.584. The minimum atomic E-state index is 0.584. The molecular weight excluding hydrogens is 196 g/mol. The largest absolute Gasteiger partial charge is 0.357 e. The number of H-pyrrole nitrogens is 1. The lowest BCUT2D eigenvalue weighted by atomic mass is 10.3. The molecule has 14 heavy (non-hydrogen) atoms. The number of benzene rings is 1. The third-order valence-electron chi connectivity index (χ3n) is 1.91. The van der Waals surface area contributed by atoms with Crippen molar-refractivity contribution in [1.82, 2.24) is 14.8 Å². The average Bonchev–Trinajstić information content (AvgIpc) is 2.61. The highest BCUT2D eigenvalue weighted by Crippen LogP contribution is 2.12. The predicted octanol–water partition coefficient (Wildman–Crippen LogP) is 1.97. The molecular formula is C9H10N4S. The van der Waals surface area contributed by atoms with Crippen molar-refractivity contribution in [2.75, 3.05) is 12.4 Å². The van der Waals surface area contributed by atoms with Gasteiger partial charge in [-0.25, -0.2) is 5.10 Å². The topological polar surface area (TPSA) is 45.6 Å². The Morgan fingerprint density at radius 2 is 2.07 bits per heavy atom. The van der Waals surface area contributed by atoms with Crippen molar-refractivity contribution in [1.29, 1.82) is 0 Å². The van der Waals surface area contributed by atoms with Crippen LogP contribution in [0.25, 0.3) is 5.69 Å². The quantitative estimate of drug-likeness (QED) is 0.738. The van der Waals surface area contributed by atoms with Crippen LogP contribution in [-0.4, -0.2) is 21.8 Å². The summed E-state index contributed by atoms with van der Waals surface area (Å²) in [6.07, 6.45) is 0. The van der Waals surface area contributed by atoms with Crippen molar-refractivity contribution in [3.05, 3.63) is 35.1 Å². The first-order valence-electron chi connectivity index (χ1n) is 4.23. The van der Waals surface area contributed by atoms with Gasteiger partial charge >= 0.3 is 0 Å². The Bertz CT molecular complexity index is 471. The van der Waals surface area contributed by atoms with Crippen LogP contribution in [0.4, 0.5) is 5.95 Å². The fourth-order valence-electron chi connectivity index (χ4n) is 1.28. The predicted molar refractivity (Wildman–Crippen MR) is 58.3 cm³/mol. The Hall–Kier alpha value is -1.62. The molecule has 0 bridgehead atoms. The van der Waals surface area contributed by atoms with Crippen LogP contribution in [0.3, 0.4) is 0 Å². The lowest BCUT2D eigenvalue weighted by molar-refractivity contribution is 1.03. The fraction of sp³-hybridized carbons (Fsp3) is 0.111. The molecule has 2 N–H and O–H groups in total. The van der Waals surface area contributed by atoms with E-state index in [1.807, 2.05) is 41.9 Å². The zero-order chi connectivity index (χ0) is 9.97. The van der Waals surface area contributed by atoms with Crippen LogP contribution in [0, 0.1) is 4.77 Å². The molecule has 0 atom stereocenters. The molecule has 1 aromatic carbocycles. The van der Waals surface area contributed by atoms with Crippen LogP contribution in [0.2, 0.25) is 0 Å². The molecule has 2 rings (SSSR count). The summed E-state index contributed by atoms with van der Waals surface area (Å²) in [6.45, 7) is 0. The summed E-state index contributed by atoms with van der Waals surface area (Å²) in [5.41, 5.74) is 0.996. The van der Waals surface area contributed by atoms with Gasteiger partial charge in [0.05, 0.1) is 5.69 Å². The van der Waals surface area contributed by atoms with Gasteiger partial charge in [0.15, 0.2) is 0 Å². The van der Waals surface area contributed by atoms with E-state index in [-0.39, 0.29) is 0 Å². The molecule has 0 aliphatic rings. The number of hydrogen-bond donors (Lipinski definition) is 2. The van der Waals surface area contributed by atoms with E-state index in [0.717, 1.165) is 5.69 Å². The third-order valence-corrected chi connectivity index (χ3v) is 2.18. The van der Waals surface area contributed by atoms with Crippen molar-refractivity contribution in [2.24, 2.45) is 0 Å². The van der Waals surface area contributed by atoms with Gasteiger partial charge in [-0.05, 0) is 24.4 Å². The van der Waals surface area contributed by atoms with E-state index >= 15 is 0 Å². The highest BCUT2D eigenvalue weighted by atomic mass is 32.1. The van der Waals surface area contributed by atoms with Crippen LogP contribution >= 0.6 is 12.2 Å². The lowest BCUT2D eigenvalue weighted by Gasteiger charge is -2.04. The van der Waals surface area contributed by atoms with Gasteiger partial charge in [0, 0.05) is 7.05 Å². The number of para-hydroxylation sites is 1. The molecule has 4 nitrogen and oxygen atoms in total. The van der Waals surface area contributed by atoms with E-state index in [4.69, 9.17) is 12.2 Å². The number of aromatic nitrogens is 3. The lowest BCUT2D eigenvalue weighted by Crippen LogP contribution is -2.00. The second kappa shape index (κ2) is 3.63. The van der Waals surface area contributed by atoms with Gasteiger partial charge in [-0.15, -0.1) is 5.10 Å². The van der Waals surface area contributed by atoms with Gasteiger partial charge in [0.1, 0.15) is 0 Å². The monoisotopic (exact) mass is 206 g/mol. The van der Waals surface area contributed by atoms with E-state index in [1.165, 1.54) is 0 Å². The number of aromatic amines is 1. The Morgan fingerprint density at radius 3 is 2.71 bits per heavy atom. The Kier molecular flexibility index (Phi) is 2.32. The molecule has 5 heteroatoms. The Balaban J connectivity index is 2.61. The number of nitrogens with one attached hydrogen (secondary N) is 2. The van der Waals surface area contributed by atoms with Crippen LogP contribution in [0.15, 0.2) is 30.3 Å². The molecule has 72 valence electrons. The van der Waals surface area contributed by atoms with Crippen molar-refractivity contribution >= 4 is 18.2 Å². The maximum absolute atomic E-state index is 5.13. The van der Waals surface area contributed by atoms with Gasteiger partial charge in [-0.1, -0.05) is 18.2 Å². The average molecular weight is 206 g/mol. The van der Waals surface area contributed by atoms with Crippen LogP contribution in [-0.2, 0) is 0 Å². The first-order valence-corrected chi connectivity index (χ1v) is 4.64. The molecule has 2 aromatic rings. The molecule has 0 radical (unpaired) electrons. The van der Waals surface area contributed by atoms with Gasteiger partial charge in [0.25, 0.3) is 0 Å². The zero-order valence-corrected chi connectivity index (χ0v) is 8.51. The second-order valence-corrected chi connectivity index (χ2v) is 3.16. The van der Waals surface area contributed by atoms with E-state index in [1.54, 1.807) is 0 Å². The van der Waals surface area contributed by atoms with Crippen molar-refractivity contribution in [3.8, 4) is 5.69 Å². The number of anilines is 1. The van der Waals surface area contributed by atoms with E-state index in [0.29, 0.717) is 10.7 Å². The highest BCUT2D eigenvalue weighted by molar-refractivity contribution is 7.71. The number of hydrogen-bond acceptors (Lipinski definition) is 3. The molecule has 1 aromatic heterocycles. The molecule has 0 amide bonds. The van der Waals surface area contributed by atoms with Gasteiger partial charge in [-0.2, -0.15) is 0 Å². The molecule has 0 saturated carbocycles. The first-order chi connectivity index (χ1) is 6.83. The third kappa shape index (κ3) is 1.42. The van der Waals surface area contributed by atoms with Crippen LogP contribution in [0.5, 0.6) is 0 Å². The minimum Gasteiger partial charge on any atom is -0.357 e. The van der Waals surface area contributed by atoms with Crippen molar-refractivity contribution in [3.63, 3.8) is 0 Å². The summed E-state index contributed by atoms with van der Waals surface area (Å²) in [4.78, 5) is 0. The standard InChI is InChI=1S/C9H10N4S/c1-10-8-11-12-9(14)13(8)7-5-3-2-4-6-7/h2-6H,1H3,(H,10,11)(H,12,14). The van der Waals surface area contributed by atoms with Crippen LogP contribution < -0.4 is 5.32 Å². The summed E-state index contributed by atoms with van der Waals surface area (Å²) >= 11 is 5.13. The SMILES string of the molecule is CNc1n[nH]c(=S)n1-c1ccccc1. The molecule has 1 heterocycles. The maximum Gasteiger partial charge on any atom is 0.227 e. The molecule has 0 saturated heterocycles. The maximum atomic E-state index is 5.13. The summed E-state index contributed by atoms with van der Waals surface area (Å²) in [5, 5.41) is 9.75. The Morgan fingerprint density at radius 1 is 1.36 bits per heavy atom. The summed E-state index contributed by atoms with van der Waals surface area (Å²) < 4.78 is 2.43. The first kappa shape index (κ1) is 8.96. The molecule has 0 spiro atoms. The van der Waals surface area contributed by atoms with E-state index in [2.05, 4.69) is 15.5 Å². The van der Waals surface area contributed by atoms with Crippen molar-refractivity contribution < 1.29 is 0 Å². The van der Waals surface area contributed by atoms with E-state index in [9.17, 15) is 0 Å². The molecule has 0 unspecified atom stereocenters. The summed E-state index contributed by atoms with van der Waals surface area (Å²) in [7, 11) is 1.81. The molecule has 0 aliphatic heterocycles. The van der Waals surface area contributed by atoms with Gasteiger partial charge < -0.3 is 5.32 Å². The number of nitrogens with zero attached hydrogens (tertiary/aromatic N) is 2. The Labute approximate surface area is 86.6 Å². The molecule has 0 aliphatic carbocycles. The second-order valence-electron chi connectivity index (χ2n) is 2.77. The highest BCUT2D eigenvalue weighted by Gasteiger charge is 2.04.